The summed E-state index contributed by atoms with van der Waals surface area (Å²) in [6.07, 6.45) is 1.14. The Balaban J connectivity index is 2.48. The lowest BCUT2D eigenvalue weighted by molar-refractivity contribution is -0.121. The number of aliphatic hydroxyl groups excluding tert-OH is 1. The van der Waals surface area contributed by atoms with Crippen LogP contribution in [0.15, 0.2) is 23.3 Å². The van der Waals surface area contributed by atoms with Crippen LogP contribution >= 0.6 is 0 Å². The van der Waals surface area contributed by atoms with Crippen molar-refractivity contribution in [1.82, 2.24) is 0 Å². The van der Waals surface area contributed by atoms with E-state index >= 15 is 0 Å². The Hall–Kier alpha value is -1.26. The minimum absolute atomic E-state index is 0.0475. The molecule has 13 heavy (non-hydrogen) atoms. The molecular formula is C9H6O4. The van der Waals surface area contributed by atoms with Crippen LogP contribution in [0.4, 0.5) is 0 Å². The van der Waals surface area contributed by atoms with Crippen molar-refractivity contribution in [2.45, 2.75) is 12.7 Å². The third-order valence-corrected chi connectivity index (χ3v) is 1.96. The first-order chi connectivity index (χ1) is 6.20. The Labute approximate surface area is 74.5 Å². The topological polar surface area (TPSA) is 63.6 Å². The SMILES string of the molecule is O=C1C=CC(=O)C2=C1C[C]OC2O. The van der Waals surface area contributed by atoms with Crippen LogP contribution < -0.4 is 0 Å². The maximum atomic E-state index is 11.2. The van der Waals surface area contributed by atoms with Gasteiger partial charge in [0.05, 0.1) is 5.57 Å². The largest absolute Gasteiger partial charge is 0.364 e. The van der Waals surface area contributed by atoms with Crippen LogP contribution in [0, 0.1) is 6.61 Å². The summed E-state index contributed by atoms with van der Waals surface area (Å²) in [7, 11) is 0. The lowest BCUT2D eigenvalue weighted by atomic mass is 9.91. The zero-order chi connectivity index (χ0) is 9.42. The molecule has 0 aromatic heterocycles. The number of rotatable bonds is 0. The van der Waals surface area contributed by atoms with Gasteiger partial charge in [-0.3, -0.25) is 9.59 Å². The van der Waals surface area contributed by atoms with Crippen LogP contribution in [0.1, 0.15) is 6.42 Å². The minimum Gasteiger partial charge on any atom is -0.364 e. The summed E-state index contributed by atoms with van der Waals surface area (Å²) in [6, 6.07) is 0. The molecular weight excluding hydrogens is 172 g/mol. The molecule has 2 aliphatic rings. The van der Waals surface area contributed by atoms with Crippen LogP contribution in [-0.2, 0) is 14.3 Å². The molecule has 4 heteroatoms. The smallest absolute Gasteiger partial charge is 0.187 e. The molecule has 0 amide bonds. The lowest BCUT2D eigenvalue weighted by Crippen LogP contribution is -2.29. The molecule has 4 nitrogen and oxygen atoms in total. The van der Waals surface area contributed by atoms with Gasteiger partial charge < -0.3 is 9.84 Å². The van der Waals surface area contributed by atoms with Gasteiger partial charge in [-0.1, -0.05) is 0 Å². The van der Waals surface area contributed by atoms with Gasteiger partial charge in [-0.2, -0.15) is 0 Å². The molecule has 0 aromatic carbocycles. The average molecular weight is 178 g/mol. The number of ether oxygens (including phenoxy) is 1. The van der Waals surface area contributed by atoms with E-state index < -0.39 is 6.29 Å². The third-order valence-electron chi connectivity index (χ3n) is 1.96. The first-order valence-corrected chi connectivity index (χ1v) is 3.76. The molecule has 1 unspecified atom stereocenters. The molecule has 66 valence electrons. The summed E-state index contributed by atoms with van der Waals surface area (Å²) in [5.41, 5.74) is 0.331. The second kappa shape index (κ2) is 2.90. The fourth-order valence-corrected chi connectivity index (χ4v) is 1.33. The van der Waals surface area contributed by atoms with Crippen LogP contribution in [0.2, 0.25) is 0 Å². The second-order valence-electron chi connectivity index (χ2n) is 2.75. The van der Waals surface area contributed by atoms with E-state index in [2.05, 4.69) is 11.3 Å². The molecule has 1 N–H and O–H groups in total. The summed E-state index contributed by atoms with van der Waals surface area (Å²) in [5.74, 6) is -0.631. The van der Waals surface area contributed by atoms with Gasteiger partial charge in [0.15, 0.2) is 17.9 Å². The molecule has 0 fully saturated rings. The lowest BCUT2D eigenvalue weighted by Gasteiger charge is -2.23. The highest BCUT2D eigenvalue weighted by molar-refractivity contribution is 6.20. The average Bonchev–Trinajstić information content (AvgIpc) is 2.12. The first kappa shape index (κ1) is 8.34. The zero-order valence-corrected chi connectivity index (χ0v) is 6.61. The Morgan fingerprint density at radius 3 is 2.77 bits per heavy atom. The van der Waals surface area contributed by atoms with Crippen molar-refractivity contribution in [3.63, 3.8) is 0 Å². The predicted molar refractivity (Wildman–Crippen MR) is 41.1 cm³/mol. The summed E-state index contributed by atoms with van der Waals surface area (Å²) < 4.78 is 4.61. The summed E-state index contributed by atoms with van der Waals surface area (Å²) >= 11 is 0. The van der Waals surface area contributed by atoms with E-state index in [0.717, 1.165) is 6.08 Å². The molecule has 1 atom stereocenters. The first-order valence-electron chi connectivity index (χ1n) is 3.76. The summed E-state index contributed by atoms with van der Waals surface area (Å²) in [4.78, 5) is 22.4. The number of aliphatic hydroxyl groups is 1. The predicted octanol–water partition coefficient (Wildman–Crippen LogP) is -0.232. The second-order valence-corrected chi connectivity index (χ2v) is 2.75. The monoisotopic (exact) mass is 178 g/mol. The third kappa shape index (κ3) is 1.24. The fraction of sp³-hybridized carbons (Fsp3) is 0.222. The highest BCUT2D eigenvalue weighted by Crippen LogP contribution is 2.26. The van der Waals surface area contributed by atoms with Crippen LogP contribution in [0.5, 0.6) is 0 Å². The van der Waals surface area contributed by atoms with Crippen LogP contribution in [0.3, 0.4) is 0 Å². The van der Waals surface area contributed by atoms with Gasteiger partial charge in [0, 0.05) is 12.0 Å². The maximum absolute atomic E-state index is 11.2. The number of hydrogen-bond donors (Lipinski definition) is 1. The molecule has 1 heterocycles. The molecule has 0 bridgehead atoms. The van der Waals surface area contributed by atoms with Gasteiger partial charge in [-0.15, -0.1) is 0 Å². The maximum Gasteiger partial charge on any atom is 0.187 e. The van der Waals surface area contributed by atoms with Crippen molar-refractivity contribution in [2.24, 2.45) is 0 Å². The van der Waals surface area contributed by atoms with Gasteiger partial charge in [0.2, 0.25) is 0 Å². The van der Waals surface area contributed by atoms with E-state index in [-0.39, 0.29) is 29.1 Å². The number of allylic oxidation sites excluding steroid dienone is 2. The molecule has 2 rings (SSSR count). The van der Waals surface area contributed by atoms with E-state index in [0.29, 0.717) is 0 Å². The van der Waals surface area contributed by atoms with Crippen molar-refractivity contribution < 1.29 is 19.4 Å². The van der Waals surface area contributed by atoms with Crippen molar-refractivity contribution in [3.05, 3.63) is 29.9 Å². The normalized spacial score (nSPS) is 27.9. The highest BCUT2D eigenvalue weighted by Gasteiger charge is 2.31. The molecule has 2 radical (unpaired) electrons. The quantitative estimate of drug-likeness (QED) is 0.520. The summed E-state index contributed by atoms with van der Waals surface area (Å²) in [5, 5.41) is 9.24. The van der Waals surface area contributed by atoms with E-state index in [1.54, 1.807) is 0 Å². The van der Waals surface area contributed by atoms with Crippen LogP contribution in [-0.4, -0.2) is 23.0 Å². The highest BCUT2D eigenvalue weighted by atomic mass is 16.6. The number of hydrogen-bond acceptors (Lipinski definition) is 4. The Kier molecular flexibility index (Phi) is 1.86. The van der Waals surface area contributed by atoms with Crippen molar-refractivity contribution in [2.75, 3.05) is 0 Å². The van der Waals surface area contributed by atoms with Crippen molar-refractivity contribution in [3.8, 4) is 0 Å². The zero-order valence-electron chi connectivity index (χ0n) is 6.61. The Morgan fingerprint density at radius 2 is 2.08 bits per heavy atom. The number of carbonyl (C=O) groups excluding carboxylic acids is 2. The Morgan fingerprint density at radius 1 is 1.38 bits per heavy atom. The van der Waals surface area contributed by atoms with E-state index in [9.17, 15) is 14.7 Å². The standard InChI is InChI=1S/C9H6O4/c10-6-1-2-7(11)8-5(6)3-4-13-9(8)12/h1-2,9,12H,3H2. The molecule has 1 aliphatic carbocycles. The van der Waals surface area contributed by atoms with Crippen molar-refractivity contribution in [1.29, 1.82) is 0 Å². The van der Waals surface area contributed by atoms with E-state index in [4.69, 9.17) is 0 Å². The minimum atomic E-state index is -1.34. The van der Waals surface area contributed by atoms with Crippen LogP contribution in [0.25, 0.3) is 0 Å². The molecule has 1 aliphatic heterocycles. The number of ketones is 2. The van der Waals surface area contributed by atoms with Gasteiger partial charge >= 0.3 is 0 Å². The van der Waals surface area contributed by atoms with Crippen molar-refractivity contribution >= 4 is 11.6 Å². The van der Waals surface area contributed by atoms with Gasteiger partial charge in [0.1, 0.15) is 6.61 Å². The van der Waals surface area contributed by atoms with Gasteiger partial charge in [0.25, 0.3) is 0 Å². The molecule has 0 saturated heterocycles. The fourth-order valence-electron chi connectivity index (χ4n) is 1.33. The summed E-state index contributed by atoms with van der Waals surface area (Å²) in [6.45, 7) is 2.37. The van der Waals surface area contributed by atoms with Gasteiger partial charge in [-0.05, 0) is 12.2 Å². The molecule has 0 spiro atoms. The number of carbonyl (C=O) groups is 2. The van der Waals surface area contributed by atoms with E-state index in [1.807, 2.05) is 0 Å². The Bertz CT molecular complexity index is 338. The molecule has 0 aromatic rings. The van der Waals surface area contributed by atoms with Gasteiger partial charge in [-0.25, -0.2) is 0 Å². The molecule has 0 saturated carbocycles. The van der Waals surface area contributed by atoms with E-state index in [1.165, 1.54) is 6.08 Å².